The molecule has 0 fully saturated rings. The molecule has 0 radical (unpaired) electrons. The molecule has 2 aromatic rings. The number of aliphatic hydroxyl groups is 1. The van der Waals surface area contributed by atoms with Crippen LogP contribution >= 0.6 is 27.3 Å². The fourth-order valence-corrected chi connectivity index (χ4v) is 2.31. The predicted molar refractivity (Wildman–Crippen MR) is 72.2 cm³/mol. The van der Waals surface area contributed by atoms with E-state index in [4.69, 9.17) is 5.11 Å². The quantitative estimate of drug-likeness (QED) is 0.920. The van der Waals surface area contributed by atoms with E-state index in [9.17, 15) is 0 Å². The van der Waals surface area contributed by atoms with Crippen LogP contribution in [0.1, 0.15) is 5.56 Å². The minimum Gasteiger partial charge on any atom is -0.395 e. The van der Waals surface area contributed by atoms with E-state index in [1.807, 2.05) is 10.3 Å². The zero-order valence-corrected chi connectivity index (χ0v) is 11.5. The molecule has 0 aromatic carbocycles. The highest BCUT2D eigenvalue weighted by Gasteiger charge is 2.09. The van der Waals surface area contributed by atoms with Crippen LogP contribution < -0.4 is 4.90 Å². The Morgan fingerprint density at radius 2 is 2.12 bits per heavy atom. The molecule has 0 amide bonds. The van der Waals surface area contributed by atoms with Crippen molar-refractivity contribution in [2.45, 2.75) is 6.54 Å². The summed E-state index contributed by atoms with van der Waals surface area (Å²) in [6.07, 6.45) is 3.42. The molecule has 90 valence electrons. The van der Waals surface area contributed by atoms with E-state index in [0.717, 1.165) is 4.47 Å². The topological polar surface area (TPSA) is 49.2 Å². The van der Waals surface area contributed by atoms with Crippen molar-refractivity contribution in [1.82, 2.24) is 9.97 Å². The molecule has 0 spiro atoms. The van der Waals surface area contributed by atoms with Crippen molar-refractivity contribution >= 4 is 33.2 Å². The van der Waals surface area contributed by atoms with Gasteiger partial charge >= 0.3 is 0 Å². The van der Waals surface area contributed by atoms with Gasteiger partial charge < -0.3 is 10.0 Å². The average Bonchev–Trinajstić information content (AvgIpc) is 2.82. The number of anilines is 1. The lowest BCUT2D eigenvalue weighted by Crippen LogP contribution is -2.27. The molecule has 0 aliphatic carbocycles. The van der Waals surface area contributed by atoms with Gasteiger partial charge in [-0.15, -0.1) is 0 Å². The molecule has 0 aliphatic heterocycles. The maximum Gasteiger partial charge on any atom is 0.225 e. The maximum atomic E-state index is 9.08. The Morgan fingerprint density at radius 3 is 2.71 bits per heavy atom. The fraction of sp³-hybridized carbons (Fsp3) is 0.273. The van der Waals surface area contributed by atoms with E-state index in [2.05, 4.69) is 37.3 Å². The van der Waals surface area contributed by atoms with Gasteiger partial charge in [-0.3, -0.25) is 0 Å². The summed E-state index contributed by atoms with van der Waals surface area (Å²) in [5.74, 6) is 0.633. The Balaban J connectivity index is 2.13. The van der Waals surface area contributed by atoms with E-state index in [-0.39, 0.29) is 6.61 Å². The van der Waals surface area contributed by atoms with Gasteiger partial charge in [0.1, 0.15) is 0 Å². The number of hydrogen-bond acceptors (Lipinski definition) is 5. The van der Waals surface area contributed by atoms with Gasteiger partial charge in [-0.1, -0.05) is 0 Å². The van der Waals surface area contributed by atoms with Crippen molar-refractivity contribution in [3.63, 3.8) is 0 Å². The normalized spacial score (nSPS) is 10.5. The first-order valence-electron chi connectivity index (χ1n) is 5.14. The summed E-state index contributed by atoms with van der Waals surface area (Å²) in [5, 5.41) is 13.2. The predicted octanol–water partition coefficient (Wildman–Crippen LogP) is 2.30. The molecule has 0 unspecified atom stereocenters. The summed E-state index contributed by atoms with van der Waals surface area (Å²) in [7, 11) is 0. The molecule has 0 saturated carbocycles. The number of thiophene rings is 1. The summed E-state index contributed by atoms with van der Waals surface area (Å²) >= 11 is 4.96. The number of nitrogens with zero attached hydrogens (tertiary/aromatic N) is 3. The van der Waals surface area contributed by atoms with Crippen molar-refractivity contribution < 1.29 is 5.11 Å². The number of aromatic nitrogens is 2. The van der Waals surface area contributed by atoms with Crippen LogP contribution in [-0.4, -0.2) is 28.2 Å². The van der Waals surface area contributed by atoms with Gasteiger partial charge in [-0.25, -0.2) is 9.97 Å². The molecule has 2 heterocycles. The Morgan fingerprint density at radius 1 is 1.35 bits per heavy atom. The molecule has 2 aromatic heterocycles. The Hall–Kier alpha value is -0.980. The zero-order chi connectivity index (χ0) is 12.1. The third-order valence-electron chi connectivity index (χ3n) is 2.21. The molecule has 0 bridgehead atoms. The lowest BCUT2D eigenvalue weighted by molar-refractivity contribution is 0.301. The summed E-state index contributed by atoms with van der Waals surface area (Å²) in [5.41, 5.74) is 1.20. The summed E-state index contributed by atoms with van der Waals surface area (Å²) < 4.78 is 0.848. The Bertz CT molecular complexity index is 446. The summed E-state index contributed by atoms with van der Waals surface area (Å²) in [4.78, 5) is 10.4. The van der Waals surface area contributed by atoms with Gasteiger partial charge in [0.05, 0.1) is 11.1 Å². The van der Waals surface area contributed by atoms with Crippen LogP contribution in [0.15, 0.2) is 33.7 Å². The number of halogens is 1. The molecular weight excluding hydrogens is 302 g/mol. The maximum absolute atomic E-state index is 9.08. The van der Waals surface area contributed by atoms with Gasteiger partial charge in [0.25, 0.3) is 0 Å². The molecular formula is C11H12BrN3OS. The van der Waals surface area contributed by atoms with Crippen LogP contribution in [0.3, 0.4) is 0 Å². The SMILES string of the molecule is OCCN(Cc1ccsc1)c1ncc(Br)cn1. The van der Waals surface area contributed by atoms with Gasteiger partial charge in [0.15, 0.2) is 0 Å². The van der Waals surface area contributed by atoms with Gasteiger partial charge in [-0.2, -0.15) is 11.3 Å². The van der Waals surface area contributed by atoms with Crippen LogP contribution in [0.5, 0.6) is 0 Å². The van der Waals surface area contributed by atoms with Crippen LogP contribution in [0.2, 0.25) is 0 Å². The molecule has 1 N–H and O–H groups in total. The highest BCUT2D eigenvalue weighted by molar-refractivity contribution is 9.10. The number of hydrogen-bond donors (Lipinski definition) is 1. The van der Waals surface area contributed by atoms with Crippen LogP contribution in [0, 0.1) is 0 Å². The highest BCUT2D eigenvalue weighted by Crippen LogP contribution is 2.15. The van der Waals surface area contributed by atoms with Crippen LogP contribution in [-0.2, 0) is 6.54 Å². The highest BCUT2D eigenvalue weighted by atomic mass is 79.9. The van der Waals surface area contributed by atoms with Crippen LogP contribution in [0.4, 0.5) is 5.95 Å². The lowest BCUT2D eigenvalue weighted by Gasteiger charge is -2.20. The monoisotopic (exact) mass is 313 g/mol. The van der Waals surface area contributed by atoms with Crippen molar-refractivity contribution in [3.8, 4) is 0 Å². The first-order valence-corrected chi connectivity index (χ1v) is 6.87. The molecule has 0 atom stereocenters. The van der Waals surface area contributed by atoms with Gasteiger partial charge in [0.2, 0.25) is 5.95 Å². The molecule has 0 saturated heterocycles. The minimum atomic E-state index is 0.0869. The van der Waals surface area contributed by atoms with Gasteiger partial charge in [0, 0.05) is 25.5 Å². The molecule has 4 nitrogen and oxygen atoms in total. The molecule has 2 rings (SSSR count). The standard InChI is InChI=1S/C11H12BrN3OS/c12-10-5-13-11(14-6-10)15(2-3-16)7-9-1-4-17-8-9/h1,4-6,8,16H,2-3,7H2. The first kappa shape index (κ1) is 12.5. The minimum absolute atomic E-state index is 0.0869. The van der Waals surface area contributed by atoms with E-state index >= 15 is 0 Å². The summed E-state index contributed by atoms with van der Waals surface area (Å²) in [6.45, 7) is 1.33. The zero-order valence-electron chi connectivity index (χ0n) is 9.08. The van der Waals surface area contributed by atoms with Gasteiger partial charge in [-0.05, 0) is 38.3 Å². The largest absolute Gasteiger partial charge is 0.395 e. The second-order valence-electron chi connectivity index (χ2n) is 3.48. The van der Waals surface area contributed by atoms with E-state index < -0.39 is 0 Å². The molecule has 6 heteroatoms. The summed E-state index contributed by atoms with van der Waals surface area (Å²) in [6, 6.07) is 2.06. The Labute approximate surface area is 112 Å². The smallest absolute Gasteiger partial charge is 0.225 e. The second-order valence-corrected chi connectivity index (χ2v) is 5.17. The molecule has 0 aliphatic rings. The third-order valence-corrected chi connectivity index (χ3v) is 3.35. The third kappa shape index (κ3) is 3.49. The molecule has 17 heavy (non-hydrogen) atoms. The average molecular weight is 314 g/mol. The number of rotatable bonds is 5. The van der Waals surface area contributed by atoms with Crippen molar-refractivity contribution in [1.29, 1.82) is 0 Å². The Kier molecular flexibility index (Phi) is 4.47. The van der Waals surface area contributed by atoms with E-state index in [0.29, 0.717) is 19.0 Å². The lowest BCUT2D eigenvalue weighted by atomic mass is 10.3. The fourth-order valence-electron chi connectivity index (χ4n) is 1.44. The van der Waals surface area contributed by atoms with E-state index in [1.165, 1.54) is 5.56 Å². The van der Waals surface area contributed by atoms with Crippen molar-refractivity contribution in [2.75, 3.05) is 18.1 Å². The van der Waals surface area contributed by atoms with Crippen molar-refractivity contribution in [2.24, 2.45) is 0 Å². The van der Waals surface area contributed by atoms with Crippen molar-refractivity contribution in [3.05, 3.63) is 39.3 Å². The number of aliphatic hydroxyl groups excluding tert-OH is 1. The van der Waals surface area contributed by atoms with Crippen LogP contribution in [0.25, 0.3) is 0 Å². The van der Waals surface area contributed by atoms with E-state index in [1.54, 1.807) is 23.7 Å². The second kappa shape index (κ2) is 6.09. The first-order chi connectivity index (χ1) is 8.29.